The van der Waals surface area contributed by atoms with Crippen LogP contribution < -0.4 is 16.4 Å². The molecular formula is C10H19N3O4S. The van der Waals surface area contributed by atoms with Crippen LogP contribution in [0, 0.1) is 5.92 Å². The summed E-state index contributed by atoms with van der Waals surface area (Å²) >= 11 is 3.73. The molecule has 0 fully saturated rings. The molecule has 0 aromatic rings. The van der Waals surface area contributed by atoms with E-state index in [1.807, 2.05) is 0 Å². The Morgan fingerprint density at radius 2 is 1.83 bits per heavy atom. The highest BCUT2D eigenvalue weighted by atomic mass is 32.1. The van der Waals surface area contributed by atoms with Crippen LogP contribution in [0.15, 0.2) is 0 Å². The Balaban J connectivity index is 4.60. The second kappa shape index (κ2) is 7.93. The number of carbonyl (C=O) groups excluding carboxylic acids is 3. The molecule has 0 unspecified atom stereocenters. The van der Waals surface area contributed by atoms with Crippen molar-refractivity contribution < 1.29 is 19.5 Å². The van der Waals surface area contributed by atoms with Gasteiger partial charge in [-0.25, -0.2) is 0 Å². The van der Waals surface area contributed by atoms with Gasteiger partial charge in [-0.3, -0.25) is 14.4 Å². The highest BCUT2D eigenvalue weighted by Gasteiger charge is 2.26. The first-order valence-electron chi connectivity index (χ1n) is 5.44. The molecule has 0 aliphatic heterocycles. The van der Waals surface area contributed by atoms with E-state index in [0.717, 1.165) is 0 Å². The zero-order valence-electron chi connectivity index (χ0n) is 10.3. The molecule has 0 heterocycles. The number of thiol groups is 1. The maximum atomic E-state index is 11.7. The maximum Gasteiger partial charge on any atom is 0.245 e. The molecule has 0 radical (unpaired) electrons. The van der Waals surface area contributed by atoms with Crippen LogP contribution in [0.4, 0.5) is 0 Å². The van der Waals surface area contributed by atoms with E-state index in [2.05, 4.69) is 23.3 Å². The number of amides is 3. The molecule has 2 atom stereocenters. The summed E-state index contributed by atoms with van der Waals surface area (Å²) in [6.07, 6.45) is 0. The number of hydrogen-bond donors (Lipinski definition) is 5. The Morgan fingerprint density at radius 1 is 1.28 bits per heavy atom. The molecule has 0 aromatic carbocycles. The van der Waals surface area contributed by atoms with E-state index in [0.29, 0.717) is 0 Å². The average Bonchev–Trinajstić information content (AvgIpc) is 2.31. The normalized spacial score (nSPS) is 13.8. The smallest absolute Gasteiger partial charge is 0.245 e. The first-order chi connectivity index (χ1) is 8.33. The van der Waals surface area contributed by atoms with Crippen LogP contribution >= 0.6 is 12.6 Å². The van der Waals surface area contributed by atoms with Crippen LogP contribution in [0.5, 0.6) is 0 Å². The second-order valence-electron chi connectivity index (χ2n) is 4.09. The minimum absolute atomic E-state index is 0.104. The molecule has 3 amide bonds. The van der Waals surface area contributed by atoms with E-state index >= 15 is 0 Å². The first-order valence-corrected chi connectivity index (χ1v) is 6.07. The van der Waals surface area contributed by atoms with Crippen molar-refractivity contribution in [2.45, 2.75) is 25.9 Å². The number of nitrogens with two attached hydrogens (primary N) is 1. The van der Waals surface area contributed by atoms with E-state index in [1.54, 1.807) is 13.8 Å². The SMILES string of the molecule is CC(C)[C@H](NC(=O)[C@H](CO)NC(=O)CS)C(N)=O. The molecule has 0 aliphatic rings. The first kappa shape index (κ1) is 16.7. The number of carbonyl (C=O) groups is 3. The molecular weight excluding hydrogens is 258 g/mol. The number of primary amides is 1. The van der Waals surface area contributed by atoms with Crippen molar-refractivity contribution in [2.24, 2.45) is 11.7 Å². The standard InChI is InChI=1S/C10H19N3O4S/c1-5(2)8(9(11)16)13-10(17)6(3-14)12-7(15)4-18/h5-6,8,14,18H,3-4H2,1-2H3,(H2,11,16)(H,12,15)(H,13,17)/t6-,8-/m0/s1. The van der Waals surface area contributed by atoms with Crippen molar-refractivity contribution in [3.8, 4) is 0 Å². The molecule has 7 nitrogen and oxygen atoms in total. The van der Waals surface area contributed by atoms with Gasteiger partial charge < -0.3 is 21.5 Å². The minimum atomic E-state index is -1.12. The van der Waals surface area contributed by atoms with Crippen LogP contribution in [0.1, 0.15) is 13.8 Å². The van der Waals surface area contributed by atoms with Crippen molar-refractivity contribution in [1.82, 2.24) is 10.6 Å². The van der Waals surface area contributed by atoms with Crippen LogP contribution in [0.3, 0.4) is 0 Å². The third-order valence-electron chi connectivity index (χ3n) is 2.25. The lowest BCUT2D eigenvalue weighted by atomic mass is 10.0. The van der Waals surface area contributed by atoms with Crippen molar-refractivity contribution in [1.29, 1.82) is 0 Å². The van der Waals surface area contributed by atoms with E-state index < -0.39 is 36.4 Å². The monoisotopic (exact) mass is 277 g/mol. The van der Waals surface area contributed by atoms with Crippen molar-refractivity contribution in [3.05, 3.63) is 0 Å². The summed E-state index contributed by atoms with van der Waals surface area (Å²) in [6.45, 7) is 2.86. The third kappa shape index (κ3) is 5.37. The zero-order chi connectivity index (χ0) is 14.3. The molecule has 104 valence electrons. The maximum absolute atomic E-state index is 11.7. The Hall–Kier alpha value is -1.28. The fourth-order valence-electron chi connectivity index (χ4n) is 1.25. The Bertz CT molecular complexity index is 322. The molecule has 0 aromatic heterocycles. The largest absolute Gasteiger partial charge is 0.394 e. The van der Waals surface area contributed by atoms with Gasteiger partial charge in [0.05, 0.1) is 12.4 Å². The fourth-order valence-corrected chi connectivity index (χ4v) is 1.35. The molecule has 8 heteroatoms. The lowest BCUT2D eigenvalue weighted by Crippen LogP contribution is -2.55. The van der Waals surface area contributed by atoms with E-state index in [-0.39, 0.29) is 11.7 Å². The zero-order valence-corrected chi connectivity index (χ0v) is 11.2. The summed E-state index contributed by atoms with van der Waals surface area (Å²) in [5, 5.41) is 13.7. The van der Waals surface area contributed by atoms with Crippen LogP contribution in [-0.4, -0.2) is 47.3 Å². The van der Waals surface area contributed by atoms with E-state index in [1.165, 1.54) is 0 Å². The predicted molar refractivity (Wildman–Crippen MR) is 68.8 cm³/mol. The van der Waals surface area contributed by atoms with Gasteiger partial charge in [-0.1, -0.05) is 13.8 Å². The highest BCUT2D eigenvalue weighted by Crippen LogP contribution is 2.01. The summed E-state index contributed by atoms with van der Waals surface area (Å²) in [7, 11) is 0. The van der Waals surface area contributed by atoms with Gasteiger partial charge in [-0.2, -0.15) is 12.6 Å². The van der Waals surface area contributed by atoms with Gasteiger partial charge in [0.15, 0.2) is 0 Å². The summed E-state index contributed by atoms with van der Waals surface area (Å²) < 4.78 is 0. The van der Waals surface area contributed by atoms with Gasteiger partial charge >= 0.3 is 0 Å². The lowest BCUT2D eigenvalue weighted by Gasteiger charge is -2.22. The summed E-state index contributed by atoms with van der Waals surface area (Å²) in [5.74, 6) is -2.12. The minimum Gasteiger partial charge on any atom is -0.394 e. The topological polar surface area (TPSA) is 122 Å². The highest BCUT2D eigenvalue weighted by molar-refractivity contribution is 7.81. The number of rotatable bonds is 7. The molecule has 0 saturated carbocycles. The predicted octanol–water partition coefficient (Wildman–Crippen LogP) is -1.98. The lowest BCUT2D eigenvalue weighted by molar-refractivity contribution is -0.132. The van der Waals surface area contributed by atoms with Gasteiger partial charge in [0, 0.05) is 0 Å². The summed E-state index contributed by atoms with van der Waals surface area (Å²) in [4.78, 5) is 33.9. The van der Waals surface area contributed by atoms with Gasteiger partial charge in [0.25, 0.3) is 0 Å². The Kier molecular flexibility index (Phi) is 7.37. The fraction of sp³-hybridized carbons (Fsp3) is 0.700. The summed E-state index contributed by atoms with van der Waals surface area (Å²) in [5.41, 5.74) is 5.14. The number of hydrogen-bond acceptors (Lipinski definition) is 5. The quantitative estimate of drug-likeness (QED) is 0.346. The van der Waals surface area contributed by atoms with E-state index in [4.69, 9.17) is 10.8 Å². The Morgan fingerprint density at radius 3 is 2.17 bits per heavy atom. The number of nitrogens with one attached hydrogen (secondary N) is 2. The van der Waals surface area contributed by atoms with Crippen molar-refractivity contribution in [2.75, 3.05) is 12.4 Å². The van der Waals surface area contributed by atoms with Crippen LogP contribution in [0.2, 0.25) is 0 Å². The second-order valence-corrected chi connectivity index (χ2v) is 4.41. The van der Waals surface area contributed by atoms with Gasteiger partial charge in [-0.15, -0.1) is 0 Å². The molecule has 0 saturated heterocycles. The van der Waals surface area contributed by atoms with Crippen LogP contribution in [-0.2, 0) is 14.4 Å². The number of aliphatic hydroxyl groups is 1. The van der Waals surface area contributed by atoms with E-state index in [9.17, 15) is 14.4 Å². The Labute approximate surface area is 111 Å². The molecule has 0 aliphatic carbocycles. The van der Waals surface area contributed by atoms with Gasteiger partial charge in [-0.05, 0) is 5.92 Å². The van der Waals surface area contributed by atoms with Crippen molar-refractivity contribution >= 4 is 30.4 Å². The third-order valence-corrected chi connectivity index (χ3v) is 2.54. The summed E-state index contributed by atoms with van der Waals surface area (Å²) in [6, 6.07) is -1.97. The van der Waals surface area contributed by atoms with Crippen molar-refractivity contribution in [3.63, 3.8) is 0 Å². The van der Waals surface area contributed by atoms with Crippen LogP contribution in [0.25, 0.3) is 0 Å². The molecule has 5 N–H and O–H groups in total. The number of aliphatic hydroxyl groups excluding tert-OH is 1. The average molecular weight is 277 g/mol. The van der Waals surface area contributed by atoms with Gasteiger partial charge in [0.2, 0.25) is 17.7 Å². The molecule has 18 heavy (non-hydrogen) atoms. The molecule has 0 spiro atoms. The molecule has 0 bridgehead atoms. The van der Waals surface area contributed by atoms with Gasteiger partial charge in [0.1, 0.15) is 12.1 Å². The molecule has 0 rings (SSSR count).